The van der Waals surface area contributed by atoms with Gasteiger partial charge in [-0.3, -0.25) is 0 Å². The Balaban J connectivity index is 2.35. The molecular weight excluding hydrogens is 222 g/mol. The maximum atomic E-state index is 5.64. The van der Waals surface area contributed by atoms with Crippen molar-refractivity contribution in [1.29, 1.82) is 0 Å². The molecule has 1 N–H and O–H groups in total. The zero-order valence-electron chi connectivity index (χ0n) is 12.0. The molecule has 1 aromatic rings. The van der Waals surface area contributed by atoms with E-state index in [2.05, 4.69) is 38.2 Å². The molecule has 0 aromatic heterocycles. The molecule has 2 nitrogen and oxygen atoms in total. The lowest BCUT2D eigenvalue weighted by Gasteiger charge is -2.15. The van der Waals surface area contributed by atoms with Crippen molar-refractivity contribution in [3.05, 3.63) is 24.3 Å². The zero-order chi connectivity index (χ0) is 13.2. The molecule has 0 fully saturated rings. The zero-order valence-corrected chi connectivity index (χ0v) is 12.0. The van der Waals surface area contributed by atoms with E-state index in [9.17, 15) is 0 Å². The van der Waals surface area contributed by atoms with Gasteiger partial charge in [-0.15, -0.1) is 0 Å². The lowest BCUT2D eigenvalue weighted by molar-refractivity contribution is 0.309. The van der Waals surface area contributed by atoms with Gasteiger partial charge in [-0.1, -0.05) is 33.1 Å². The molecule has 0 aliphatic heterocycles. The van der Waals surface area contributed by atoms with Crippen LogP contribution in [0.4, 0.5) is 5.69 Å². The van der Waals surface area contributed by atoms with Gasteiger partial charge in [0, 0.05) is 11.7 Å². The molecule has 0 bridgehead atoms. The Bertz CT molecular complexity index is 307. The minimum absolute atomic E-state index is 0.539. The van der Waals surface area contributed by atoms with Gasteiger partial charge in [0.05, 0.1) is 6.61 Å². The van der Waals surface area contributed by atoms with Crippen molar-refractivity contribution < 1.29 is 4.74 Å². The third-order valence-electron chi connectivity index (χ3n) is 3.02. The quantitative estimate of drug-likeness (QED) is 0.631. The average Bonchev–Trinajstić information content (AvgIpc) is 2.39. The lowest BCUT2D eigenvalue weighted by atomic mass is 10.1. The van der Waals surface area contributed by atoms with E-state index in [0.717, 1.165) is 18.8 Å². The molecule has 0 spiro atoms. The Morgan fingerprint density at radius 2 is 1.72 bits per heavy atom. The van der Waals surface area contributed by atoms with E-state index in [1.165, 1.54) is 31.4 Å². The number of ether oxygens (including phenoxy) is 1. The van der Waals surface area contributed by atoms with Crippen molar-refractivity contribution in [1.82, 2.24) is 0 Å². The van der Waals surface area contributed by atoms with Crippen molar-refractivity contribution in [2.45, 2.75) is 58.9 Å². The fourth-order valence-corrected chi connectivity index (χ4v) is 1.85. The lowest BCUT2D eigenvalue weighted by Crippen LogP contribution is -2.14. The van der Waals surface area contributed by atoms with Crippen LogP contribution in [0, 0.1) is 0 Å². The summed E-state index contributed by atoms with van der Waals surface area (Å²) in [4.78, 5) is 0. The summed E-state index contributed by atoms with van der Waals surface area (Å²) >= 11 is 0. The summed E-state index contributed by atoms with van der Waals surface area (Å²) in [5.41, 5.74) is 1.18. The number of hydrogen-bond acceptors (Lipinski definition) is 2. The minimum atomic E-state index is 0.539. The van der Waals surface area contributed by atoms with Gasteiger partial charge in [0.1, 0.15) is 5.75 Å². The van der Waals surface area contributed by atoms with Gasteiger partial charge < -0.3 is 10.1 Å². The van der Waals surface area contributed by atoms with Gasteiger partial charge in [-0.05, 0) is 44.0 Å². The van der Waals surface area contributed by atoms with Crippen LogP contribution in [0.1, 0.15) is 52.9 Å². The standard InChI is InChI=1S/C16H27NO/c1-4-6-8-14(3)17-15-9-11-16(12-10-15)18-13-7-5-2/h9-12,14,17H,4-8,13H2,1-3H3. The molecule has 0 amide bonds. The van der Waals surface area contributed by atoms with Crippen molar-refractivity contribution in [2.75, 3.05) is 11.9 Å². The van der Waals surface area contributed by atoms with Crippen LogP contribution < -0.4 is 10.1 Å². The van der Waals surface area contributed by atoms with Crippen LogP contribution in [-0.2, 0) is 0 Å². The molecule has 0 radical (unpaired) electrons. The van der Waals surface area contributed by atoms with Crippen LogP contribution in [0.2, 0.25) is 0 Å². The van der Waals surface area contributed by atoms with Crippen molar-refractivity contribution in [3.8, 4) is 5.75 Å². The fourth-order valence-electron chi connectivity index (χ4n) is 1.85. The molecule has 1 atom stereocenters. The second-order valence-corrected chi connectivity index (χ2v) is 4.91. The van der Waals surface area contributed by atoms with Gasteiger partial charge in [-0.25, -0.2) is 0 Å². The SMILES string of the molecule is CCCCOc1ccc(NC(C)CCCC)cc1. The van der Waals surface area contributed by atoms with E-state index in [-0.39, 0.29) is 0 Å². The third-order valence-corrected chi connectivity index (χ3v) is 3.02. The highest BCUT2D eigenvalue weighted by atomic mass is 16.5. The smallest absolute Gasteiger partial charge is 0.119 e. The highest BCUT2D eigenvalue weighted by Gasteiger charge is 2.01. The summed E-state index contributed by atoms with van der Waals surface area (Å²) in [6.45, 7) is 7.46. The topological polar surface area (TPSA) is 21.3 Å². The first-order valence-corrected chi connectivity index (χ1v) is 7.25. The van der Waals surface area contributed by atoms with E-state index in [4.69, 9.17) is 4.74 Å². The van der Waals surface area contributed by atoms with Gasteiger partial charge >= 0.3 is 0 Å². The second-order valence-electron chi connectivity index (χ2n) is 4.91. The Kier molecular flexibility index (Phi) is 7.31. The molecule has 0 heterocycles. The van der Waals surface area contributed by atoms with E-state index in [1.54, 1.807) is 0 Å². The van der Waals surface area contributed by atoms with Crippen molar-refractivity contribution in [3.63, 3.8) is 0 Å². The van der Waals surface area contributed by atoms with Gasteiger partial charge in [0.15, 0.2) is 0 Å². The highest BCUT2D eigenvalue weighted by molar-refractivity contribution is 5.46. The maximum absolute atomic E-state index is 5.64. The summed E-state index contributed by atoms with van der Waals surface area (Å²) < 4.78 is 5.64. The Morgan fingerprint density at radius 3 is 2.33 bits per heavy atom. The average molecular weight is 249 g/mol. The van der Waals surface area contributed by atoms with E-state index in [1.807, 2.05) is 12.1 Å². The molecule has 0 aliphatic rings. The van der Waals surface area contributed by atoms with Crippen molar-refractivity contribution in [2.24, 2.45) is 0 Å². The first kappa shape index (κ1) is 14.9. The molecule has 18 heavy (non-hydrogen) atoms. The van der Waals surface area contributed by atoms with Crippen molar-refractivity contribution >= 4 is 5.69 Å². The molecule has 0 saturated carbocycles. The predicted octanol–water partition coefficient (Wildman–Crippen LogP) is 4.86. The summed E-state index contributed by atoms with van der Waals surface area (Å²) in [6.07, 6.45) is 6.07. The first-order valence-electron chi connectivity index (χ1n) is 7.25. The predicted molar refractivity (Wildman–Crippen MR) is 79.5 cm³/mol. The maximum Gasteiger partial charge on any atom is 0.119 e. The largest absolute Gasteiger partial charge is 0.494 e. The number of unbranched alkanes of at least 4 members (excludes halogenated alkanes) is 2. The summed E-state index contributed by atoms with van der Waals surface area (Å²) in [5, 5.41) is 3.52. The summed E-state index contributed by atoms with van der Waals surface area (Å²) in [7, 11) is 0. The second kappa shape index (κ2) is 8.84. The molecule has 0 aliphatic carbocycles. The van der Waals surface area contributed by atoms with E-state index in [0.29, 0.717) is 6.04 Å². The first-order chi connectivity index (χ1) is 8.76. The molecule has 1 unspecified atom stereocenters. The molecule has 2 heteroatoms. The number of nitrogens with one attached hydrogen (secondary N) is 1. The van der Waals surface area contributed by atoms with Gasteiger partial charge in [0.2, 0.25) is 0 Å². The Labute approximate surface area is 112 Å². The number of benzene rings is 1. The molecule has 1 aromatic carbocycles. The minimum Gasteiger partial charge on any atom is -0.494 e. The Hall–Kier alpha value is -1.18. The molecule has 102 valence electrons. The van der Waals surface area contributed by atoms with Crippen LogP contribution in [0.15, 0.2) is 24.3 Å². The Morgan fingerprint density at radius 1 is 1.06 bits per heavy atom. The van der Waals surface area contributed by atoms with E-state index < -0.39 is 0 Å². The van der Waals surface area contributed by atoms with Crippen LogP contribution >= 0.6 is 0 Å². The third kappa shape index (κ3) is 5.95. The van der Waals surface area contributed by atoms with Crippen LogP contribution in [0.5, 0.6) is 5.75 Å². The van der Waals surface area contributed by atoms with Crippen LogP contribution in [0.3, 0.4) is 0 Å². The fraction of sp³-hybridized carbons (Fsp3) is 0.625. The summed E-state index contributed by atoms with van der Waals surface area (Å²) in [6, 6.07) is 8.83. The number of rotatable bonds is 9. The number of hydrogen-bond donors (Lipinski definition) is 1. The van der Waals surface area contributed by atoms with Crippen LogP contribution in [0.25, 0.3) is 0 Å². The normalized spacial score (nSPS) is 12.2. The molecule has 0 saturated heterocycles. The number of anilines is 1. The van der Waals surface area contributed by atoms with E-state index >= 15 is 0 Å². The summed E-state index contributed by atoms with van der Waals surface area (Å²) in [5.74, 6) is 0.968. The molecular formula is C16H27NO. The van der Waals surface area contributed by atoms with Crippen LogP contribution in [-0.4, -0.2) is 12.6 Å². The molecule has 1 rings (SSSR count). The monoisotopic (exact) mass is 249 g/mol. The van der Waals surface area contributed by atoms with Gasteiger partial charge in [0.25, 0.3) is 0 Å². The highest BCUT2D eigenvalue weighted by Crippen LogP contribution is 2.17. The van der Waals surface area contributed by atoms with Gasteiger partial charge in [-0.2, -0.15) is 0 Å².